The predicted molar refractivity (Wildman–Crippen MR) is 114 cm³/mol. The Morgan fingerprint density at radius 1 is 0.933 bits per heavy atom. The van der Waals surface area contributed by atoms with Crippen LogP contribution in [-0.4, -0.2) is 41.8 Å². The van der Waals surface area contributed by atoms with Crippen molar-refractivity contribution >= 4 is 17.3 Å². The molecule has 0 radical (unpaired) electrons. The number of benzene rings is 2. The summed E-state index contributed by atoms with van der Waals surface area (Å²) in [6, 6.07) is 6.38. The van der Waals surface area contributed by atoms with Gasteiger partial charge in [-0.3, -0.25) is 14.4 Å². The van der Waals surface area contributed by atoms with Crippen LogP contribution in [0.2, 0.25) is 0 Å². The summed E-state index contributed by atoms with van der Waals surface area (Å²) in [7, 11) is 3.25. The van der Waals surface area contributed by atoms with Crippen LogP contribution in [-0.2, 0) is 22.4 Å². The highest BCUT2D eigenvalue weighted by Crippen LogP contribution is 2.46. The zero-order chi connectivity index (χ0) is 22.6. The molecule has 160 valence electrons. The average molecular weight is 412 g/mol. The summed E-state index contributed by atoms with van der Waals surface area (Å²) in [6.45, 7) is 5.50. The van der Waals surface area contributed by atoms with Gasteiger partial charge in [0.05, 0.1) is 11.1 Å². The lowest BCUT2D eigenvalue weighted by atomic mass is 9.75. The summed E-state index contributed by atoms with van der Waals surface area (Å²) in [4.78, 5) is 37.4. The molecule has 6 nitrogen and oxygen atoms in total. The third-order valence-corrected chi connectivity index (χ3v) is 5.30. The number of hydrogen-bond donors (Lipinski definition) is 2. The molecule has 2 aliphatic carbocycles. The van der Waals surface area contributed by atoms with Crippen LogP contribution in [0.15, 0.2) is 24.3 Å². The largest absolute Gasteiger partial charge is 0.507 e. The number of carbonyl (C=O) groups is 3. The van der Waals surface area contributed by atoms with E-state index >= 15 is 0 Å². The van der Waals surface area contributed by atoms with Crippen molar-refractivity contribution in [2.24, 2.45) is 5.92 Å². The molecule has 0 fully saturated rings. The number of phenolic OH excluding ortho intramolecular Hbond substituents is 2. The number of ketones is 3. The number of rotatable bonds is 1. The first-order chi connectivity index (χ1) is 14.3. The van der Waals surface area contributed by atoms with Crippen LogP contribution in [0, 0.1) is 5.92 Å². The van der Waals surface area contributed by atoms with E-state index < -0.39 is 11.6 Å². The maximum absolute atomic E-state index is 12.8. The second-order valence-electron chi connectivity index (χ2n) is 7.07. The molecule has 2 N–H and O–H groups in total. The molecule has 0 aromatic heterocycles. The van der Waals surface area contributed by atoms with Crippen molar-refractivity contribution in [2.45, 2.75) is 40.0 Å². The van der Waals surface area contributed by atoms with Crippen LogP contribution in [0.1, 0.15) is 70.2 Å². The van der Waals surface area contributed by atoms with Crippen LogP contribution in [0.25, 0.3) is 0 Å². The molecule has 2 aliphatic rings. The maximum Gasteiger partial charge on any atom is 0.198 e. The summed E-state index contributed by atoms with van der Waals surface area (Å²) < 4.78 is 4.25. The molecule has 2 aromatic rings. The van der Waals surface area contributed by atoms with Gasteiger partial charge < -0.3 is 14.9 Å². The van der Waals surface area contributed by atoms with E-state index in [0.29, 0.717) is 24.0 Å². The number of ether oxygens (including phenoxy) is 1. The van der Waals surface area contributed by atoms with E-state index in [1.807, 2.05) is 13.8 Å². The van der Waals surface area contributed by atoms with Crippen LogP contribution in [0.3, 0.4) is 0 Å². The van der Waals surface area contributed by atoms with E-state index in [0.717, 1.165) is 0 Å². The summed E-state index contributed by atoms with van der Waals surface area (Å²) in [5, 5.41) is 21.4. The second-order valence-corrected chi connectivity index (χ2v) is 7.07. The van der Waals surface area contributed by atoms with Crippen LogP contribution in [0.5, 0.6) is 11.5 Å². The Morgan fingerprint density at radius 3 is 1.80 bits per heavy atom. The molecule has 0 bridgehead atoms. The lowest BCUT2D eigenvalue weighted by Crippen LogP contribution is -2.26. The molecular formula is C24H28O6. The van der Waals surface area contributed by atoms with Gasteiger partial charge in [-0.15, -0.1) is 0 Å². The molecular weight excluding hydrogens is 384 g/mol. The normalized spacial score (nSPS) is 16.1. The average Bonchev–Trinajstić information content (AvgIpc) is 2.76. The Labute approximate surface area is 176 Å². The highest BCUT2D eigenvalue weighted by molar-refractivity contribution is 6.30. The fourth-order valence-corrected chi connectivity index (χ4v) is 3.92. The van der Waals surface area contributed by atoms with E-state index in [-0.39, 0.29) is 51.9 Å². The molecule has 4 rings (SSSR count). The first-order valence-electron chi connectivity index (χ1n) is 10.0. The predicted octanol–water partition coefficient (Wildman–Crippen LogP) is 3.86. The summed E-state index contributed by atoms with van der Waals surface area (Å²) in [5.41, 5.74) is 1.04. The van der Waals surface area contributed by atoms with Crippen LogP contribution in [0.4, 0.5) is 0 Å². The van der Waals surface area contributed by atoms with E-state index in [1.54, 1.807) is 32.4 Å². The molecule has 0 spiro atoms. The first-order valence-corrected chi connectivity index (χ1v) is 10.0. The third-order valence-electron chi connectivity index (χ3n) is 5.30. The summed E-state index contributed by atoms with van der Waals surface area (Å²) in [6.07, 6.45) is 1.20. The smallest absolute Gasteiger partial charge is 0.198 e. The zero-order valence-corrected chi connectivity index (χ0v) is 18.0. The van der Waals surface area contributed by atoms with Gasteiger partial charge in [-0.1, -0.05) is 38.1 Å². The van der Waals surface area contributed by atoms with Gasteiger partial charge in [-0.05, 0) is 26.2 Å². The number of methoxy groups -OCH3 is 1. The van der Waals surface area contributed by atoms with Crippen LogP contribution < -0.4 is 0 Å². The quantitative estimate of drug-likeness (QED) is 0.589. The molecule has 0 aliphatic heterocycles. The first kappa shape index (κ1) is 23.3. The maximum atomic E-state index is 12.8. The molecule has 0 amide bonds. The fourth-order valence-electron chi connectivity index (χ4n) is 3.92. The molecule has 0 saturated carbocycles. The SMILES string of the molecule is CC.CC(=O)C1CCc2c(O)c3c(c(O)c2C1)C(=O)c1ccccc1C3=O.COC. The summed E-state index contributed by atoms with van der Waals surface area (Å²) >= 11 is 0. The van der Waals surface area contributed by atoms with Gasteiger partial charge in [0.2, 0.25) is 0 Å². The Kier molecular flexibility index (Phi) is 7.51. The van der Waals surface area contributed by atoms with Crippen molar-refractivity contribution in [1.82, 2.24) is 0 Å². The highest BCUT2D eigenvalue weighted by Gasteiger charge is 2.39. The van der Waals surface area contributed by atoms with E-state index in [4.69, 9.17) is 0 Å². The van der Waals surface area contributed by atoms with Crippen molar-refractivity contribution in [3.8, 4) is 11.5 Å². The Balaban J connectivity index is 0.000000590. The Hall–Kier alpha value is -2.99. The minimum atomic E-state index is -0.481. The van der Waals surface area contributed by atoms with Crippen molar-refractivity contribution in [1.29, 1.82) is 0 Å². The summed E-state index contributed by atoms with van der Waals surface area (Å²) in [5.74, 6) is -1.70. The monoisotopic (exact) mass is 412 g/mol. The van der Waals surface area contributed by atoms with Gasteiger partial charge in [0, 0.05) is 42.4 Å². The van der Waals surface area contributed by atoms with E-state index in [9.17, 15) is 24.6 Å². The van der Waals surface area contributed by atoms with Gasteiger partial charge in [-0.2, -0.15) is 0 Å². The lowest BCUT2D eigenvalue weighted by molar-refractivity contribution is -0.121. The van der Waals surface area contributed by atoms with Gasteiger partial charge in [-0.25, -0.2) is 0 Å². The van der Waals surface area contributed by atoms with Crippen molar-refractivity contribution in [3.05, 3.63) is 57.6 Å². The number of carbonyl (C=O) groups excluding carboxylic acids is 3. The van der Waals surface area contributed by atoms with Gasteiger partial charge in [0.25, 0.3) is 0 Å². The van der Waals surface area contributed by atoms with Crippen LogP contribution >= 0.6 is 0 Å². The minimum absolute atomic E-state index is 0.00927. The molecule has 6 heteroatoms. The molecule has 30 heavy (non-hydrogen) atoms. The number of hydrogen-bond acceptors (Lipinski definition) is 6. The number of aromatic hydroxyl groups is 2. The number of fused-ring (bicyclic) bond motifs is 3. The molecule has 1 atom stereocenters. The third kappa shape index (κ3) is 3.87. The molecule has 0 heterocycles. The van der Waals surface area contributed by atoms with E-state index in [1.165, 1.54) is 13.0 Å². The highest BCUT2D eigenvalue weighted by atomic mass is 16.4. The Bertz CT molecular complexity index is 990. The zero-order valence-electron chi connectivity index (χ0n) is 18.0. The molecule has 2 aromatic carbocycles. The van der Waals surface area contributed by atoms with Gasteiger partial charge in [0.15, 0.2) is 11.6 Å². The minimum Gasteiger partial charge on any atom is -0.507 e. The topological polar surface area (TPSA) is 101 Å². The van der Waals surface area contributed by atoms with Crippen molar-refractivity contribution in [2.75, 3.05) is 14.2 Å². The Morgan fingerprint density at radius 2 is 1.37 bits per heavy atom. The van der Waals surface area contributed by atoms with E-state index in [2.05, 4.69) is 4.74 Å². The number of Topliss-reactive ketones (excluding diaryl/α,β-unsaturated/α-hetero) is 1. The van der Waals surface area contributed by atoms with Gasteiger partial charge in [0.1, 0.15) is 17.3 Å². The second kappa shape index (κ2) is 9.67. The lowest BCUT2D eigenvalue weighted by Gasteiger charge is -2.28. The molecule has 1 unspecified atom stereocenters. The number of phenols is 2. The van der Waals surface area contributed by atoms with Crippen molar-refractivity contribution < 1.29 is 29.3 Å². The van der Waals surface area contributed by atoms with Gasteiger partial charge >= 0.3 is 0 Å². The molecule has 0 saturated heterocycles. The fraction of sp³-hybridized carbons (Fsp3) is 0.375. The standard InChI is InChI=1S/C20H16O5.C2H6O.C2H6/c1-9(21)10-6-7-13-14(8-10)20(25)16-15(19(13)24)17(22)11-4-2-3-5-12(11)18(16)23;1-3-2;1-2/h2-5,10,24-25H,6-8H2,1H3;1-2H3;1-2H3. The van der Waals surface area contributed by atoms with Crippen molar-refractivity contribution in [3.63, 3.8) is 0 Å².